The summed E-state index contributed by atoms with van der Waals surface area (Å²) >= 11 is 11.5. The van der Waals surface area contributed by atoms with E-state index in [0.717, 1.165) is 5.56 Å². The van der Waals surface area contributed by atoms with Crippen LogP contribution in [-0.4, -0.2) is 5.11 Å². The van der Waals surface area contributed by atoms with E-state index in [4.69, 9.17) is 28.9 Å². The van der Waals surface area contributed by atoms with Crippen molar-refractivity contribution in [1.29, 1.82) is 0 Å². The van der Waals surface area contributed by atoms with Crippen LogP contribution < -0.4 is 5.73 Å². The molecule has 0 fully saturated rings. The lowest BCUT2D eigenvalue weighted by molar-refractivity contribution is 0.477. The third kappa shape index (κ3) is 1.45. The molecule has 1 rings (SSSR count). The molecule has 3 N–H and O–H groups in total. The molecule has 0 radical (unpaired) electrons. The first-order valence-electron chi connectivity index (χ1n) is 3.53. The van der Waals surface area contributed by atoms with E-state index in [-0.39, 0.29) is 16.5 Å². The first-order valence-corrected chi connectivity index (χ1v) is 4.28. The molecule has 0 saturated carbocycles. The zero-order chi connectivity index (χ0) is 9.30. The summed E-state index contributed by atoms with van der Waals surface area (Å²) in [5.41, 5.74) is 6.58. The van der Waals surface area contributed by atoms with Gasteiger partial charge in [0.25, 0.3) is 0 Å². The summed E-state index contributed by atoms with van der Waals surface area (Å²) < 4.78 is 0. The first-order chi connectivity index (χ1) is 5.57. The molecule has 66 valence electrons. The lowest BCUT2D eigenvalue weighted by atomic mass is 10.1. The van der Waals surface area contributed by atoms with E-state index < -0.39 is 0 Å². The molecule has 0 bridgehead atoms. The number of hydrogen-bond donors (Lipinski definition) is 2. The topological polar surface area (TPSA) is 46.2 Å². The van der Waals surface area contributed by atoms with Gasteiger partial charge in [-0.3, -0.25) is 0 Å². The average molecular weight is 206 g/mol. The van der Waals surface area contributed by atoms with Gasteiger partial charge in [-0.2, -0.15) is 0 Å². The van der Waals surface area contributed by atoms with Gasteiger partial charge in [0.15, 0.2) is 5.75 Å². The number of nitrogens with two attached hydrogens (primary N) is 1. The van der Waals surface area contributed by atoms with Gasteiger partial charge in [-0.05, 0) is 18.1 Å². The van der Waals surface area contributed by atoms with Crippen LogP contribution in [0.2, 0.25) is 10.0 Å². The zero-order valence-electron chi connectivity index (χ0n) is 6.56. The van der Waals surface area contributed by atoms with Crippen molar-refractivity contribution in [1.82, 2.24) is 0 Å². The fourth-order valence-corrected chi connectivity index (χ4v) is 1.64. The number of aromatic hydroxyl groups is 1. The Bertz CT molecular complexity index is 312. The maximum atomic E-state index is 9.33. The Morgan fingerprint density at radius 2 is 2.00 bits per heavy atom. The van der Waals surface area contributed by atoms with E-state index in [9.17, 15) is 5.11 Å². The van der Waals surface area contributed by atoms with Crippen molar-refractivity contribution in [3.05, 3.63) is 21.7 Å². The van der Waals surface area contributed by atoms with Gasteiger partial charge < -0.3 is 10.8 Å². The highest BCUT2D eigenvalue weighted by Crippen LogP contribution is 2.37. The molecule has 12 heavy (non-hydrogen) atoms. The summed E-state index contributed by atoms with van der Waals surface area (Å²) in [7, 11) is 0. The molecule has 0 atom stereocenters. The van der Waals surface area contributed by atoms with E-state index in [1.54, 1.807) is 0 Å². The molecule has 0 saturated heterocycles. The molecule has 0 unspecified atom stereocenters. The Hall–Kier alpha value is -0.600. The maximum absolute atomic E-state index is 9.33. The largest absolute Gasteiger partial charge is 0.504 e. The quantitative estimate of drug-likeness (QED) is 0.548. The first kappa shape index (κ1) is 9.49. The van der Waals surface area contributed by atoms with Crippen LogP contribution in [0, 0.1) is 0 Å². The Balaban J connectivity index is 3.40. The van der Waals surface area contributed by atoms with Gasteiger partial charge in [-0.25, -0.2) is 0 Å². The summed E-state index contributed by atoms with van der Waals surface area (Å²) in [5.74, 6) is -0.0853. The standard InChI is InChI=1S/C8H9Cl2NO/c1-2-4-5(9)3-6(10)8(12)7(4)11/h3,12H,2,11H2,1H3. The van der Waals surface area contributed by atoms with E-state index >= 15 is 0 Å². The Kier molecular flexibility index (Phi) is 2.70. The summed E-state index contributed by atoms with van der Waals surface area (Å²) in [6.07, 6.45) is 0.676. The minimum absolute atomic E-state index is 0.0853. The smallest absolute Gasteiger partial charge is 0.157 e. The second-order valence-corrected chi connectivity index (χ2v) is 3.25. The van der Waals surface area contributed by atoms with Gasteiger partial charge in [0.2, 0.25) is 0 Å². The number of hydrogen-bond acceptors (Lipinski definition) is 2. The predicted molar refractivity (Wildman–Crippen MR) is 51.9 cm³/mol. The van der Waals surface area contributed by atoms with Gasteiger partial charge in [0.1, 0.15) is 0 Å². The van der Waals surface area contributed by atoms with Crippen LogP contribution in [0.1, 0.15) is 12.5 Å². The summed E-state index contributed by atoms with van der Waals surface area (Å²) in [6.45, 7) is 1.91. The third-order valence-corrected chi connectivity index (χ3v) is 2.33. The number of anilines is 1. The van der Waals surface area contributed by atoms with E-state index in [1.165, 1.54) is 6.07 Å². The molecular formula is C8H9Cl2NO. The van der Waals surface area contributed by atoms with E-state index in [2.05, 4.69) is 0 Å². The molecule has 0 heterocycles. The van der Waals surface area contributed by atoms with Crippen LogP contribution in [0.5, 0.6) is 5.75 Å². The minimum Gasteiger partial charge on any atom is -0.504 e. The van der Waals surface area contributed by atoms with Gasteiger partial charge in [-0.15, -0.1) is 0 Å². The van der Waals surface area contributed by atoms with E-state index in [1.807, 2.05) is 6.92 Å². The van der Waals surface area contributed by atoms with E-state index in [0.29, 0.717) is 11.4 Å². The summed E-state index contributed by atoms with van der Waals surface area (Å²) in [6, 6.07) is 1.49. The number of phenols is 1. The average Bonchev–Trinajstić information content (AvgIpc) is 2.01. The molecule has 0 aromatic heterocycles. The Morgan fingerprint density at radius 3 is 2.50 bits per heavy atom. The molecule has 0 aliphatic heterocycles. The molecular weight excluding hydrogens is 197 g/mol. The fourth-order valence-electron chi connectivity index (χ4n) is 1.03. The van der Waals surface area contributed by atoms with Crippen molar-refractivity contribution in [2.45, 2.75) is 13.3 Å². The summed E-state index contributed by atoms with van der Waals surface area (Å²) in [4.78, 5) is 0. The highest BCUT2D eigenvalue weighted by molar-refractivity contribution is 6.36. The van der Waals surface area contributed by atoms with Crippen molar-refractivity contribution in [3.8, 4) is 5.75 Å². The van der Waals surface area contributed by atoms with Crippen LogP contribution in [0.3, 0.4) is 0 Å². The lowest BCUT2D eigenvalue weighted by Gasteiger charge is -2.08. The van der Waals surface area contributed by atoms with Crippen LogP contribution in [-0.2, 0) is 6.42 Å². The second kappa shape index (κ2) is 3.42. The second-order valence-electron chi connectivity index (χ2n) is 2.43. The molecule has 0 spiro atoms. The molecule has 4 heteroatoms. The predicted octanol–water partition coefficient (Wildman–Crippen LogP) is 2.84. The maximum Gasteiger partial charge on any atom is 0.157 e. The van der Waals surface area contributed by atoms with Crippen LogP contribution in [0.25, 0.3) is 0 Å². The highest BCUT2D eigenvalue weighted by Gasteiger charge is 2.11. The van der Waals surface area contributed by atoms with Crippen LogP contribution >= 0.6 is 23.2 Å². The molecule has 1 aromatic rings. The van der Waals surface area contributed by atoms with Crippen molar-refractivity contribution in [3.63, 3.8) is 0 Å². The van der Waals surface area contributed by atoms with Crippen molar-refractivity contribution in [2.75, 3.05) is 5.73 Å². The van der Waals surface area contributed by atoms with Crippen LogP contribution in [0.4, 0.5) is 5.69 Å². The van der Waals surface area contributed by atoms with Gasteiger partial charge in [0, 0.05) is 5.02 Å². The Labute approximate surface area is 80.9 Å². The number of phenolic OH excluding ortho intramolecular Hbond substituents is 1. The SMILES string of the molecule is CCc1c(Cl)cc(Cl)c(O)c1N. The van der Waals surface area contributed by atoms with Crippen molar-refractivity contribution in [2.24, 2.45) is 0 Å². The van der Waals surface area contributed by atoms with Crippen molar-refractivity contribution >= 4 is 28.9 Å². The van der Waals surface area contributed by atoms with Crippen LogP contribution in [0.15, 0.2) is 6.07 Å². The normalized spacial score (nSPS) is 10.2. The van der Waals surface area contributed by atoms with Crippen molar-refractivity contribution < 1.29 is 5.11 Å². The molecule has 2 nitrogen and oxygen atoms in total. The molecule has 0 amide bonds. The molecule has 1 aromatic carbocycles. The van der Waals surface area contributed by atoms with Gasteiger partial charge in [-0.1, -0.05) is 30.1 Å². The number of benzene rings is 1. The summed E-state index contributed by atoms with van der Waals surface area (Å²) in [5, 5.41) is 10.0. The number of halogens is 2. The molecule has 0 aliphatic carbocycles. The fraction of sp³-hybridized carbons (Fsp3) is 0.250. The number of rotatable bonds is 1. The van der Waals surface area contributed by atoms with Gasteiger partial charge >= 0.3 is 0 Å². The minimum atomic E-state index is -0.0853. The Morgan fingerprint density at radius 1 is 1.42 bits per heavy atom. The lowest BCUT2D eigenvalue weighted by Crippen LogP contribution is -1.94. The molecule has 0 aliphatic rings. The van der Waals surface area contributed by atoms with Gasteiger partial charge in [0.05, 0.1) is 10.7 Å². The highest BCUT2D eigenvalue weighted by atomic mass is 35.5. The zero-order valence-corrected chi connectivity index (χ0v) is 8.08. The number of nitrogen functional groups attached to an aromatic ring is 1. The third-order valence-electron chi connectivity index (χ3n) is 1.70. The monoisotopic (exact) mass is 205 g/mol.